The zero-order valence-electron chi connectivity index (χ0n) is 20.8. The van der Waals surface area contributed by atoms with Crippen molar-refractivity contribution in [1.82, 2.24) is 0 Å². The second kappa shape index (κ2) is 8.65. The van der Waals surface area contributed by atoms with Crippen LogP contribution in [0.25, 0.3) is 22.3 Å². The van der Waals surface area contributed by atoms with Gasteiger partial charge in [0, 0.05) is 0 Å². The molecule has 0 unspecified atom stereocenters. The number of halogens is 2. The van der Waals surface area contributed by atoms with Crippen molar-refractivity contribution in [2.24, 2.45) is 0 Å². The maximum absolute atomic E-state index is 7.93. The summed E-state index contributed by atoms with van der Waals surface area (Å²) in [4.78, 5) is 0. The first kappa shape index (κ1) is 24.7. The quantitative estimate of drug-likeness (QED) is 0.240. The van der Waals surface area contributed by atoms with Crippen LogP contribution in [0, 0.1) is 13.8 Å². The summed E-state index contributed by atoms with van der Waals surface area (Å²) in [6.45, 7) is 15.4. The Morgan fingerprint density at radius 2 is 1.00 bits per heavy atom. The van der Waals surface area contributed by atoms with Crippen molar-refractivity contribution in [2.75, 3.05) is 0 Å². The molecule has 0 nitrogen and oxygen atoms in total. The van der Waals surface area contributed by atoms with E-state index in [1.165, 1.54) is 44.5 Å². The number of hydrogen-bond acceptors (Lipinski definition) is 0. The van der Waals surface area contributed by atoms with Gasteiger partial charge in [-0.25, -0.2) is 0 Å². The molecule has 4 aliphatic rings. The Hall–Kier alpha value is -1.44. The predicted octanol–water partition coefficient (Wildman–Crippen LogP) is 8.53. The van der Waals surface area contributed by atoms with Gasteiger partial charge in [0.25, 0.3) is 0 Å². The average molecular weight is 513 g/mol. The van der Waals surface area contributed by atoms with E-state index in [2.05, 4.69) is 113 Å². The van der Waals surface area contributed by atoms with E-state index in [0.29, 0.717) is 11.8 Å². The van der Waals surface area contributed by atoms with E-state index in [9.17, 15) is 0 Å². The van der Waals surface area contributed by atoms with Gasteiger partial charge >= 0.3 is 209 Å². The molecule has 0 heterocycles. The first-order valence-electron chi connectivity index (χ1n) is 11.9. The monoisotopic (exact) mass is 512 g/mol. The summed E-state index contributed by atoms with van der Waals surface area (Å²) in [7, 11) is 15.9. The van der Waals surface area contributed by atoms with Crippen LogP contribution in [0.2, 0.25) is 0 Å². The third-order valence-corrected chi connectivity index (χ3v) is 18.7. The zero-order chi connectivity index (χ0) is 24.2. The van der Waals surface area contributed by atoms with Crippen LogP contribution < -0.4 is 7.74 Å². The summed E-state index contributed by atoms with van der Waals surface area (Å²) in [6.07, 6.45) is 0. The zero-order valence-corrected chi connectivity index (χ0v) is 23.8. The molecule has 0 aliphatic heterocycles. The van der Waals surface area contributed by atoms with E-state index in [-0.39, 0.29) is 0 Å². The van der Waals surface area contributed by atoms with Crippen molar-refractivity contribution in [1.29, 1.82) is 0 Å². The fourth-order valence-electron chi connectivity index (χ4n) is 5.69. The molecular weight excluding hydrogens is 479 g/mol. The van der Waals surface area contributed by atoms with Crippen molar-refractivity contribution in [3.8, 4) is 22.3 Å². The van der Waals surface area contributed by atoms with Crippen LogP contribution in [0.1, 0.15) is 68.7 Å². The summed E-state index contributed by atoms with van der Waals surface area (Å²) in [6, 6.07) is 22.0. The van der Waals surface area contributed by atoms with Crippen LogP contribution in [0.5, 0.6) is 0 Å². The summed E-state index contributed by atoms with van der Waals surface area (Å²) in [5.74, 6) is 0.830. The fourth-order valence-corrected chi connectivity index (χ4v) is 15.8. The van der Waals surface area contributed by atoms with Crippen molar-refractivity contribution in [3.05, 3.63) is 82.9 Å². The van der Waals surface area contributed by atoms with Gasteiger partial charge in [0.15, 0.2) is 0 Å². The molecule has 0 saturated heterocycles. The van der Waals surface area contributed by atoms with Gasteiger partial charge in [-0.05, 0) is 0 Å². The van der Waals surface area contributed by atoms with Crippen molar-refractivity contribution < 1.29 is 12.7 Å². The molecule has 33 heavy (non-hydrogen) atoms. The molecule has 0 aromatic carbocycles. The fraction of sp³-hybridized carbons (Fsp3) is 0.300. The number of fused-ring (bicyclic) bond motifs is 2. The van der Waals surface area contributed by atoms with E-state index in [1.807, 2.05) is 0 Å². The first-order valence-corrected chi connectivity index (χ1v) is 18.7. The van der Waals surface area contributed by atoms with E-state index in [1.54, 1.807) is 0 Å². The normalized spacial score (nSPS) is 12.8. The SMILES string of the molecule is C[CH]=[Ti]([Cl])([Cl])([c]1c(C)cc2c(C(C)C)ccccc1-2)[c]1c(C)cc2c(C(C)C)ccccc1-2. The van der Waals surface area contributed by atoms with Crippen LogP contribution in [-0.4, -0.2) is 4.31 Å². The van der Waals surface area contributed by atoms with Crippen LogP contribution >= 0.6 is 18.6 Å². The van der Waals surface area contributed by atoms with Crippen LogP contribution in [0.15, 0.2) is 60.7 Å². The molecule has 0 radical (unpaired) electrons. The molecular formula is C30H34Cl2Ti. The van der Waals surface area contributed by atoms with E-state index >= 15 is 0 Å². The average Bonchev–Trinajstić information content (AvgIpc) is 3.06. The van der Waals surface area contributed by atoms with Crippen molar-refractivity contribution >= 4 is 30.7 Å². The molecule has 0 spiro atoms. The summed E-state index contributed by atoms with van der Waals surface area (Å²) < 4.78 is 4.46. The third kappa shape index (κ3) is 3.84. The van der Waals surface area contributed by atoms with E-state index in [0.717, 1.165) is 7.74 Å². The van der Waals surface area contributed by atoms with Gasteiger partial charge in [-0.2, -0.15) is 0 Å². The van der Waals surface area contributed by atoms with Crippen LogP contribution in [-0.2, 0) is 12.7 Å². The molecule has 0 fully saturated rings. The molecule has 0 amide bonds. The minimum absolute atomic E-state index is 0.415. The molecule has 0 aromatic rings. The topological polar surface area (TPSA) is 0 Å². The van der Waals surface area contributed by atoms with Crippen LogP contribution in [0.4, 0.5) is 0 Å². The molecule has 0 saturated carbocycles. The van der Waals surface area contributed by atoms with Gasteiger partial charge in [0.05, 0.1) is 0 Å². The second-order valence-corrected chi connectivity index (χ2v) is 23.2. The second-order valence-electron chi connectivity index (χ2n) is 10.1. The number of rotatable bonds is 4. The Balaban J connectivity index is 2.13. The molecule has 3 heteroatoms. The van der Waals surface area contributed by atoms with Gasteiger partial charge in [-0.1, -0.05) is 0 Å². The first-order chi connectivity index (χ1) is 15.5. The van der Waals surface area contributed by atoms with Gasteiger partial charge in [-0.15, -0.1) is 0 Å². The summed E-state index contributed by atoms with van der Waals surface area (Å²) in [5, 5.41) is 0. The standard InChI is InChI=1S/2C14H15.C2H4.2ClH.Ti/c2*1-10(2)13-7-5-4-6-12-8-11(3)9-14(12)13;1-2;;;/h2*4-7,9-10H,1-3H3;1H,2H3;2*1H;/q;;;;;+2/p-2. The Labute approximate surface area is 207 Å². The third-order valence-electron chi connectivity index (χ3n) is 7.22. The van der Waals surface area contributed by atoms with E-state index < -0.39 is 12.7 Å². The minimum atomic E-state index is -4.58. The number of hydrogen-bond donors (Lipinski definition) is 0. The van der Waals surface area contributed by atoms with Gasteiger partial charge in [-0.3, -0.25) is 0 Å². The Morgan fingerprint density at radius 1 is 0.636 bits per heavy atom. The van der Waals surface area contributed by atoms with Crippen molar-refractivity contribution in [3.63, 3.8) is 0 Å². The molecule has 0 N–H and O–H groups in total. The summed E-state index contributed by atoms with van der Waals surface area (Å²) in [5.41, 5.74) is 9.97. The van der Waals surface area contributed by atoms with Crippen LogP contribution in [0.3, 0.4) is 0 Å². The molecule has 0 atom stereocenters. The van der Waals surface area contributed by atoms with Gasteiger partial charge in [0.2, 0.25) is 0 Å². The Morgan fingerprint density at radius 3 is 1.33 bits per heavy atom. The molecule has 0 bridgehead atoms. The Kier molecular flexibility index (Phi) is 6.47. The van der Waals surface area contributed by atoms with Crippen molar-refractivity contribution in [2.45, 2.75) is 60.3 Å². The van der Waals surface area contributed by atoms with E-state index in [4.69, 9.17) is 18.6 Å². The predicted molar refractivity (Wildman–Crippen MR) is 146 cm³/mol. The summed E-state index contributed by atoms with van der Waals surface area (Å²) >= 11 is -4.58. The molecule has 172 valence electrons. The van der Waals surface area contributed by atoms with Gasteiger partial charge < -0.3 is 0 Å². The van der Waals surface area contributed by atoms with Gasteiger partial charge in [0.1, 0.15) is 0 Å². The Bertz CT molecular complexity index is 1260. The molecule has 4 aliphatic carbocycles. The number of aryl methyl sites for hydroxylation is 2. The molecule has 0 aromatic heterocycles. The molecule has 4 rings (SSSR count). The maximum atomic E-state index is 7.93.